The maximum absolute atomic E-state index is 12.7. The van der Waals surface area contributed by atoms with Crippen LogP contribution >= 0.6 is 0 Å². The molecule has 0 unspecified atom stereocenters. The summed E-state index contributed by atoms with van der Waals surface area (Å²) in [6.45, 7) is 5.09. The number of hydrogen-bond donors (Lipinski definition) is 1. The fraction of sp³-hybridized carbons (Fsp3) is 0.300. The molecule has 0 saturated carbocycles. The number of alkyl halides is 3. The molecular weight excluding hydrogens is 399 g/mol. The second-order valence-electron chi connectivity index (χ2n) is 6.79. The average Bonchev–Trinajstić information content (AvgIpc) is 3.00. The first kappa shape index (κ1) is 21.3. The van der Waals surface area contributed by atoms with Crippen molar-refractivity contribution in [1.29, 1.82) is 0 Å². The Morgan fingerprint density at radius 3 is 2.33 bits per heavy atom. The van der Waals surface area contributed by atoms with E-state index in [9.17, 15) is 22.8 Å². The van der Waals surface area contributed by atoms with E-state index in [2.05, 4.69) is 15.4 Å². The number of aryl methyl sites for hydroxylation is 3. The summed E-state index contributed by atoms with van der Waals surface area (Å²) in [6.07, 6.45) is -3.93. The van der Waals surface area contributed by atoms with Gasteiger partial charge in [-0.05, 0) is 50.6 Å². The molecule has 0 fully saturated rings. The quantitative estimate of drug-likeness (QED) is 0.688. The number of amides is 1. The van der Waals surface area contributed by atoms with Crippen molar-refractivity contribution in [2.24, 2.45) is 0 Å². The zero-order valence-corrected chi connectivity index (χ0v) is 16.6. The van der Waals surface area contributed by atoms with Gasteiger partial charge in [0.05, 0.1) is 11.3 Å². The van der Waals surface area contributed by atoms with E-state index in [0.717, 1.165) is 35.7 Å². The Balaban J connectivity index is 1.89. The van der Waals surface area contributed by atoms with Gasteiger partial charge in [0.2, 0.25) is 11.9 Å². The van der Waals surface area contributed by atoms with Gasteiger partial charge in [0.15, 0.2) is 0 Å². The minimum absolute atomic E-state index is 0.187. The lowest BCUT2D eigenvalue weighted by molar-refractivity contribution is -0.137. The van der Waals surface area contributed by atoms with Gasteiger partial charge in [-0.1, -0.05) is 6.92 Å². The smallest absolute Gasteiger partial charge is 0.325 e. The molecule has 2 heterocycles. The van der Waals surface area contributed by atoms with Gasteiger partial charge in [-0.25, -0.2) is 9.67 Å². The highest BCUT2D eigenvalue weighted by atomic mass is 19.4. The number of halogens is 3. The van der Waals surface area contributed by atoms with Gasteiger partial charge in [0, 0.05) is 23.1 Å². The number of hydrogen-bond acceptors (Lipinski definition) is 4. The topological polar surface area (TPSA) is 81.8 Å². The van der Waals surface area contributed by atoms with Crippen molar-refractivity contribution in [2.75, 3.05) is 5.32 Å². The molecule has 158 valence electrons. The summed E-state index contributed by atoms with van der Waals surface area (Å²) in [6, 6.07) is 7.23. The highest BCUT2D eigenvalue weighted by molar-refractivity contribution is 5.90. The Morgan fingerprint density at radius 1 is 1.13 bits per heavy atom. The monoisotopic (exact) mass is 419 g/mol. The molecule has 0 spiro atoms. The first-order chi connectivity index (χ1) is 14.1. The average molecular weight is 419 g/mol. The number of carbonyl (C=O) groups excluding carboxylic acids is 1. The Kier molecular flexibility index (Phi) is 5.77. The van der Waals surface area contributed by atoms with Crippen molar-refractivity contribution < 1.29 is 18.0 Å². The van der Waals surface area contributed by atoms with Crippen LogP contribution in [0.2, 0.25) is 0 Å². The predicted octanol–water partition coefficient (Wildman–Crippen LogP) is 3.27. The highest BCUT2D eigenvalue weighted by Crippen LogP contribution is 2.29. The second kappa shape index (κ2) is 8.13. The number of nitrogens with zero attached hydrogens (tertiary/aromatic N) is 4. The third-order valence-corrected chi connectivity index (χ3v) is 4.40. The Bertz CT molecular complexity index is 1130. The van der Waals surface area contributed by atoms with E-state index in [1.165, 1.54) is 15.3 Å². The van der Waals surface area contributed by atoms with Crippen molar-refractivity contribution >= 4 is 11.6 Å². The van der Waals surface area contributed by atoms with Crippen LogP contribution in [0.4, 0.5) is 18.9 Å². The van der Waals surface area contributed by atoms with Gasteiger partial charge in [-0.15, -0.1) is 0 Å². The van der Waals surface area contributed by atoms with Gasteiger partial charge in [0.25, 0.3) is 5.56 Å². The molecule has 0 aliphatic heterocycles. The van der Waals surface area contributed by atoms with Crippen molar-refractivity contribution in [3.05, 3.63) is 69.4 Å². The van der Waals surface area contributed by atoms with Gasteiger partial charge in [0.1, 0.15) is 6.54 Å². The normalized spacial score (nSPS) is 11.5. The van der Waals surface area contributed by atoms with Crippen LogP contribution < -0.4 is 10.9 Å². The molecule has 3 rings (SSSR count). The highest BCUT2D eigenvalue weighted by Gasteiger charge is 2.30. The first-order valence-corrected chi connectivity index (χ1v) is 9.20. The maximum atomic E-state index is 12.7. The Hall–Kier alpha value is -3.43. The van der Waals surface area contributed by atoms with Crippen molar-refractivity contribution in [3.63, 3.8) is 0 Å². The standard InChI is InChI=1S/C20H20F3N5O2/c1-4-15-10-18(30)27(19(25-15)28-13(3)9-12(2)26-28)11-17(29)24-16-7-5-14(6-8-16)20(21,22)23/h5-10H,4,11H2,1-3H3,(H,24,29). The van der Waals surface area contributed by atoms with Gasteiger partial charge < -0.3 is 5.32 Å². The molecule has 0 saturated heterocycles. The lowest BCUT2D eigenvalue weighted by Crippen LogP contribution is -2.32. The molecule has 30 heavy (non-hydrogen) atoms. The Labute approximate surface area is 170 Å². The largest absolute Gasteiger partial charge is 0.416 e. The molecule has 0 radical (unpaired) electrons. The van der Waals surface area contributed by atoms with Crippen LogP contribution in [0.3, 0.4) is 0 Å². The fourth-order valence-corrected chi connectivity index (χ4v) is 2.95. The van der Waals surface area contributed by atoms with E-state index in [4.69, 9.17) is 0 Å². The summed E-state index contributed by atoms with van der Waals surface area (Å²) in [5, 5.41) is 6.84. The maximum Gasteiger partial charge on any atom is 0.416 e. The zero-order chi connectivity index (χ0) is 22.1. The molecule has 1 aromatic carbocycles. The van der Waals surface area contributed by atoms with Crippen LogP contribution in [0.5, 0.6) is 0 Å². The molecule has 0 bridgehead atoms. The lowest BCUT2D eigenvalue weighted by atomic mass is 10.2. The number of carbonyl (C=O) groups is 1. The molecule has 10 heteroatoms. The fourth-order valence-electron chi connectivity index (χ4n) is 2.95. The number of anilines is 1. The van der Waals surface area contributed by atoms with E-state index in [1.54, 1.807) is 13.8 Å². The third kappa shape index (κ3) is 4.58. The van der Waals surface area contributed by atoms with Crippen molar-refractivity contribution in [3.8, 4) is 5.95 Å². The van der Waals surface area contributed by atoms with E-state index < -0.39 is 23.2 Å². The van der Waals surface area contributed by atoms with Crippen molar-refractivity contribution in [1.82, 2.24) is 19.3 Å². The van der Waals surface area contributed by atoms with Crippen LogP contribution in [0.1, 0.15) is 29.6 Å². The molecular formula is C20H20F3N5O2. The third-order valence-electron chi connectivity index (χ3n) is 4.40. The lowest BCUT2D eigenvalue weighted by Gasteiger charge is -2.14. The number of aromatic nitrogens is 4. The van der Waals surface area contributed by atoms with E-state index in [0.29, 0.717) is 12.1 Å². The molecule has 1 amide bonds. The molecule has 0 atom stereocenters. The predicted molar refractivity (Wildman–Crippen MR) is 105 cm³/mol. The van der Waals surface area contributed by atoms with Crippen LogP contribution in [-0.4, -0.2) is 25.2 Å². The van der Waals surface area contributed by atoms with Gasteiger partial charge in [-0.3, -0.25) is 14.2 Å². The molecule has 0 aliphatic carbocycles. The van der Waals surface area contributed by atoms with Gasteiger partial charge in [-0.2, -0.15) is 18.3 Å². The summed E-state index contributed by atoms with van der Waals surface area (Å²) in [4.78, 5) is 29.6. The van der Waals surface area contributed by atoms with Crippen LogP contribution in [-0.2, 0) is 23.9 Å². The summed E-state index contributed by atoms with van der Waals surface area (Å²) >= 11 is 0. The summed E-state index contributed by atoms with van der Waals surface area (Å²) in [5.74, 6) is -0.377. The first-order valence-electron chi connectivity index (χ1n) is 9.20. The summed E-state index contributed by atoms with van der Waals surface area (Å²) in [7, 11) is 0. The molecule has 1 N–H and O–H groups in total. The van der Waals surface area contributed by atoms with E-state index in [1.807, 2.05) is 13.0 Å². The van der Waals surface area contributed by atoms with Crippen molar-refractivity contribution in [2.45, 2.75) is 39.9 Å². The molecule has 3 aromatic rings. The molecule has 0 aliphatic rings. The van der Waals surface area contributed by atoms with Crippen LogP contribution in [0.25, 0.3) is 5.95 Å². The SMILES string of the molecule is CCc1cc(=O)n(CC(=O)Nc2ccc(C(F)(F)F)cc2)c(-n2nc(C)cc2C)n1. The van der Waals surface area contributed by atoms with E-state index in [-0.39, 0.29) is 18.2 Å². The summed E-state index contributed by atoms with van der Waals surface area (Å²) < 4.78 is 40.7. The zero-order valence-electron chi connectivity index (χ0n) is 16.6. The number of benzene rings is 1. The minimum atomic E-state index is -4.46. The van der Waals surface area contributed by atoms with Crippen LogP contribution in [0.15, 0.2) is 41.2 Å². The molecule has 2 aromatic heterocycles. The molecule has 7 nitrogen and oxygen atoms in total. The van der Waals surface area contributed by atoms with Gasteiger partial charge >= 0.3 is 6.18 Å². The van der Waals surface area contributed by atoms with Crippen LogP contribution in [0, 0.1) is 13.8 Å². The second-order valence-corrected chi connectivity index (χ2v) is 6.79. The van der Waals surface area contributed by atoms with E-state index >= 15 is 0 Å². The number of rotatable bonds is 5. The summed E-state index contributed by atoms with van der Waals surface area (Å²) in [5.41, 5.74) is 0.970. The Morgan fingerprint density at radius 2 is 1.80 bits per heavy atom. The minimum Gasteiger partial charge on any atom is -0.325 e. The number of nitrogens with one attached hydrogen (secondary N) is 1.